The maximum Gasteiger partial charge on any atom is 0.252 e. The lowest BCUT2D eigenvalue weighted by atomic mass is 10.0. The zero-order valence-electron chi connectivity index (χ0n) is 9.75. The van der Waals surface area contributed by atoms with Crippen molar-refractivity contribution in [3.63, 3.8) is 0 Å². The number of carbonyl (C=O) groups excluding carboxylic acids is 1. The molecule has 1 aromatic rings. The highest BCUT2D eigenvalue weighted by Crippen LogP contribution is 2.32. The summed E-state index contributed by atoms with van der Waals surface area (Å²) in [5.74, 6) is -0.559. The molecule has 0 radical (unpaired) electrons. The van der Waals surface area contributed by atoms with E-state index in [1.54, 1.807) is 7.11 Å². The fraction of sp³-hybridized carbons (Fsp3) is 0.417. The van der Waals surface area contributed by atoms with E-state index in [9.17, 15) is 9.18 Å². The van der Waals surface area contributed by atoms with E-state index in [-0.39, 0.29) is 17.7 Å². The highest BCUT2D eigenvalue weighted by atomic mass is 19.1. The highest BCUT2D eigenvalue weighted by molar-refractivity contribution is 5.99. The monoisotopic (exact) mass is 239 g/mol. The maximum absolute atomic E-state index is 13.6. The van der Waals surface area contributed by atoms with Crippen molar-refractivity contribution in [2.75, 3.05) is 20.8 Å². The Morgan fingerprint density at radius 1 is 1.41 bits per heavy atom. The molecular formula is C12H14FNO3. The van der Waals surface area contributed by atoms with Crippen molar-refractivity contribution in [1.29, 1.82) is 0 Å². The van der Waals surface area contributed by atoms with Gasteiger partial charge in [0.15, 0.2) is 11.6 Å². The van der Waals surface area contributed by atoms with E-state index in [2.05, 4.69) is 5.32 Å². The summed E-state index contributed by atoms with van der Waals surface area (Å²) in [7, 11) is 2.96. The zero-order valence-corrected chi connectivity index (χ0v) is 9.75. The van der Waals surface area contributed by atoms with Crippen LogP contribution in [-0.2, 0) is 4.74 Å². The van der Waals surface area contributed by atoms with Crippen LogP contribution in [0.2, 0.25) is 0 Å². The summed E-state index contributed by atoms with van der Waals surface area (Å²) in [5.41, 5.74) is 1.15. The summed E-state index contributed by atoms with van der Waals surface area (Å²) >= 11 is 0. The number of benzene rings is 1. The normalized spacial score (nSPS) is 17.8. The van der Waals surface area contributed by atoms with Gasteiger partial charge in [-0.25, -0.2) is 4.39 Å². The number of methoxy groups -OCH3 is 2. The minimum atomic E-state index is -0.454. The van der Waals surface area contributed by atoms with Gasteiger partial charge in [-0.2, -0.15) is 0 Å². The van der Waals surface area contributed by atoms with Gasteiger partial charge >= 0.3 is 0 Å². The van der Waals surface area contributed by atoms with Crippen LogP contribution < -0.4 is 10.1 Å². The Kier molecular flexibility index (Phi) is 3.28. The SMILES string of the molecule is COCC[C@@H]1NC(=O)c2cc(OC)c(F)cc21. The zero-order chi connectivity index (χ0) is 12.4. The van der Waals surface area contributed by atoms with Crippen LogP contribution in [0.25, 0.3) is 0 Å². The molecule has 4 nitrogen and oxygen atoms in total. The molecule has 0 fully saturated rings. The first-order valence-electron chi connectivity index (χ1n) is 5.34. The van der Waals surface area contributed by atoms with E-state index in [1.165, 1.54) is 19.2 Å². The van der Waals surface area contributed by atoms with Crippen molar-refractivity contribution in [1.82, 2.24) is 5.32 Å². The topological polar surface area (TPSA) is 47.6 Å². The van der Waals surface area contributed by atoms with Gasteiger partial charge in [0, 0.05) is 19.3 Å². The smallest absolute Gasteiger partial charge is 0.252 e. The Hall–Kier alpha value is -1.62. The molecule has 92 valence electrons. The second kappa shape index (κ2) is 4.71. The van der Waals surface area contributed by atoms with E-state index in [0.29, 0.717) is 24.2 Å². The number of nitrogens with one attached hydrogen (secondary N) is 1. The Bertz CT molecular complexity index is 448. The number of carbonyl (C=O) groups is 1. The quantitative estimate of drug-likeness (QED) is 0.869. The maximum atomic E-state index is 13.6. The number of hydrogen-bond donors (Lipinski definition) is 1. The fourth-order valence-electron chi connectivity index (χ4n) is 1.99. The van der Waals surface area contributed by atoms with Gasteiger partial charge in [-0.05, 0) is 24.1 Å². The lowest BCUT2D eigenvalue weighted by molar-refractivity contribution is 0.0948. The van der Waals surface area contributed by atoms with Crippen molar-refractivity contribution >= 4 is 5.91 Å². The molecule has 1 heterocycles. The molecule has 0 aromatic heterocycles. The molecule has 1 amide bonds. The molecule has 0 saturated carbocycles. The Morgan fingerprint density at radius 3 is 2.82 bits per heavy atom. The predicted octanol–water partition coefficient (Wildman–Crippen LogP) is 1.66. The van der Waals surface area contributed by atoms with Gasteiger partial charge in [0.1, 0.15) is 0 Å². The van der Waals surface area contributed by atoms with Gasteiger partial charge in [-0.1, -0.05) is 0 Å². The van der Waals surface area contributed by atoms with E-state index in [0.717, 1.165) is 0 Å². The number of amides is 1. The van der Waals surface area contributed by atoms with E-state index < -0.39 is 5.82 Å². The van der Waals surface area contributed by atoms with Gasteiger partial charge in [0.2, 0.25) is 0 Å². The first-order valence-corrected chi connectivity index (χ1v) is 5.34. The molecule has 1 aromatic carbocycles. The molecular weight excluding hydrogens is 225 g/mol. The Labute approximate surface area is 98.7 Å². The Morgan fingerprint density at radius 2 is 2.18 bits per heavy atom. The third-order valence-corrected chi connectivity index (χ3v) is 2.86. The minimum Gasteiger partial charge on any atom is -0.494 e. The lowest BCUT2D eigenvalue weighted by Gasteiger charge is -2.11. The second-order valence-electron chi connectivity index (χ2n) is 3.88. The molecule has 1 aliphatic heterocycles. The van der Waals surface area contributed by atoms with Crippen LogP contribution in [-0.4, -0.2) is 26.7 Å². The van der Waals surface area contributed by atoms with Crippen LogP contribution >= 0.6 is 0 Å². The van der Waals surface area contributed by atoms with Crippen LogP contribution in [0.1, 0.15) is 28.4 Å². The Balaban J connectivity index is 2.34. The average molecular weight is 239 g/mol. The molecule has 2 rings (SSSR count). The second-order valence-corrected chi connectivity index (χ2v) is 3.88. The van der Waals surface area contributed by atoms with E-state index in [1.807, 2.05) is 0 Å². The molecule has 1 N–H and O–H groups in total. The van der Waals surface area contributed by atoms with Gasteiger partial charge in [-0.3, -0.25) is 4.79 Å². The van der Waals surface area contributed by atoms with Crippen LogP contribution in [0.4, 0.5) is 4.39 Å². The molecule has 0 spiro atoms. The first kappa shape index (κ1) is 11.9. The number of fused-ring (bicyclic) bond motifs is 1. The van der Waals surface area contributed by atoms with Crippen molar-refractivity contribution in [2.45, 2.75) is 12.5 Å². The summed E-state index contributed by atoms with van der Waals surface area (Å²) in [6, 6.07) is 2.61. The van der Waals surface area contributed by atoms with Crippen LogP contribution in [0.15, 0.2) is 12.1 Å². The summed E-state index contributed by atoms with van der Waals surface area (Å²) < 4.78 is 23.4. The van der Waals surface area contributed by atoms with Crippen LogP contribution in [0, 0.1) is 5.82 Å². The number of hydrogen-bond acceptors (Lipinski definition) is 3. The molecule has 1 atom stereocenters. The van der Waals surface area contributed by atoms with E-state index >= 15 is 0 Å². The van der Waals surface area contributed by atoms with E-state index in [4.69, 9.17) is 9.47 Å². The van der Waals surface area contributed by atoms with Crippen molar-refractivity contribution < 1.29 is 18.7 Å². The lowest BCUT2D eigenvalue weighted by Crippen LogP contribution is -2.20. The highest BCUT2D eigenvalue weighted by Gasteiger charge is 2.29. The van der Waals surface area contributed by atoms with Crippen LogP contribution in [0.5, 0.6) is 5.75 Å². The van der Waals surface area contributed by atoms with Gasteiger partial charge in [-0.15, -0.1) is 0 Å². The van der Waals surface area contributed by atoms with Gasteiger partial charge in [0.25, 0.3) is 5.91 Å². The number of rotatable bonds is 4. The predicted molar refractivity (Wildman–Crippen MR) is 59.7 cm³/mol. The van der Waals surface area contributed by atoms with Crippen molar-refractivity contribution in [2.24, 2.45) is 0 Å². The molecule has 5 heteroatoms. The summed E-state index contributed by atoms with van der Waals surface area (Å²) in [5, 5.41) is 2.79. The third-order valence-electron chi connectivity index (χ3n) is 2.86. The first-order chi connectivity index (χ1) is 8.17. The molecule has 0 aliphatic carbocycles. The minimum absolute atomic E-state index is 0.0892. The third kappa shape index (κ3) is 2.10. The fourth-order valence-corrected chi connectivity index (χ4v) is 1.99. The number of halogens is 1. The van der Waals surface area contributed by atoms with Crippen molar-refractivity contribution in [3.8, 4) is 5.75 Å². The molecule has 0 unspecified atom stereocenters. The molecule has 1 aliphatic rings. The van der Waals surface area contributed by atoms with Gasteiger partial charge < -0.3 is 14.8 Å². The largest absolute Gasteiger partial charge is 0.494 e. The standard InChI is InChI=1S/C12H14FNO3/c1-16-4-3-10-7-5-9(13)11(17-2)6-8(7)12(15)14-10/h5-6,10H,3-4H2,1-2H3,(H,14,15)/t10-/m0/s1. The summed E-state index contributed by atoms with van der Waals surface area (Å²) in [6.45, 7) is 0.512. The molecule has 17 heavy (non-hydrogen) atoms. The van der Waals surface area contributed by atoms with Crippen molar-refractivity contribution in [3.05, 3.63) is 29.1 Å². The van der Waals surface area contributed by atoms with Crippen LogP contribution in [0.3, 0.4) is 0 Å². The molecule has 0 bridgehead atoms. The van der Waals surface area contributed by atoms with Gasteiger partial charge in [0.05, 0.1) is 13.2 Å². The number of ether oxygens (including phenoxy) is 2. The molecule has 0 saturated heterocycles. The summed E-state index contributed by atoms with van der Waals surface area (Å²) in [4.78, 5) is 11.7. The summed E-state index contributed by atoms with van der Waals surface area (Å²) in [6.07, 6.45) is 0.626. The average Bonchev–Trinajstić information content (AvgIpc) is 2.62.